The van der Waals surface area contributed by atoms with Crippen molar-refractivity contribution in [3.05, 3.63) is 12.4 Å². The number of anilines is 1. The second kappa shape index (κ2) is 6.60. The zero-order valence-corrected chi connectivity index (χ0v) is 13.1. The highest BCUT2D eigenvalue weighted by atomic mass is 16.5. The number of nitrogens with one attached hydrogen (secondary N) is 1. The van der Waals surface area contributed by atoms with Crippen LogP contribution in [0.4, 0.5) is 5.82 Å². The van der Waals surface area contributed by atoms with Crippen LogP contribution in [0.2, 0.25) is 0 Å². The Balaban J connectivity index is 1.78. The molecule has 2 saturated heterocycles. The number of fused-ring (bicyclic) bond motifs is 2. The maximum Gasteiger partial charge on any atom is 0.234 e. The first kappa shape index (κ1) is 14.6. The molecule has 3 heterocycles. The standard InChI is InChI=1S/C16H26N4O/c1-3-7-20(14-8-12-5-6-13(9-14)18-12)15-10-17-11-16(19-15)21-4-2/h10-14,18H,3-9H2,1-2H3. The van der Waals surface area contributed by atoms with E-state index in [9.17, 15) is 0 Å². The number of rotatable bonds is 6. The fourth-order valence-electron chi connectivity index (χ4n) is 3.70. The molecule has 3 rings (SSSR count). The van der Waals surface area contributed by atoms with Crippen LogP contribution in [0.1, 0.15) is 46.0 Å². The van der Waals surface area contributed by atoms with Gasteiger partial charge in [-0.15, -0.1) is 0 Å². The zero-order chi connectivity index (χ0) is 14.7. The summed E-state index contributed by atoms with van der Waals surface area (Å²) in [4.78, 5) is 11.4. The first-order chi connectivity index (χ1) is 10.3. The molecule has 0 radical (unpaired) electrons. The molecule has 2 fully saturated rings. The lowest BCUT2D eigenvalue weighted by atomic mass is 9.98. The van der Waals surface area contributed by atoms with Gasteiger partial charge in [0, 0.05) is 24.7 Å². The van der Waals surface area contributed by atoms with Gasteiger partial charge in [-0.1, -0.05) is 6.92 Å². The fourth-order valence-corrected chi connectivity index (χ4v) is 3.70. The Labute approximate surface area is 127 Å². The van der Waals surface area contributed by atoms with Crippen LogP contribution >= 0.6 is 0 Å². The van der Waals surface area contributed by atoms with Crippen LogP contribution in [-0.4, -0.2) is 41.2 Å². The Morgan fingerprint density at radius 3 is 2.67 bits per heavy atom. The predicted molar refractivity (Wildman–Crippen MR) is 83.8 cm³/mol. The number of ether oxygens (including phenoxy) is 1. The SMILES string of the molecule is CCCN(c1cncc(OCC)n1)C1CC2CCC(C1)N2. The summed E-state index contributed by atoms with van der Waals surface area (Å²) in [6.45, 7) is 5.86. The van der Waals surface area contributed by atoms with Crippen LogP contribution in [0.3, 0.4) is 0 Å². The molecule has 2 unspecified atom stereocenters. The summed E-state index contributed by atoms with van der Waals surface area (Å²) in [5, 5.41) is 3.71. The van der Waals surface area contributed by atoms with Gasteiger partial charge in [0.25, 0.3) is 0 Å². The first-order valence-electron chi connectivity index (χ1n) is 8.27. The van der Waals surface area contributed by atoms with Gasteiger partial charge in [-0.25, -0.2) is 0 Å². The average molecular weight is 290 g/mol. The molecule has 0 aromatic carbocycles. The van der Waals surface area contributed by atoms with Crippen LogP contribution in [-0.2, 0) is 0 Å². The second-order valence-corrected chi connectivity index (χ2v) is 6.11. The summed E-state index contributed by atoms with van der Waals surface area (Å²) in [5.41, 5.74) is 0. The molecular weight excluding hydrogens is 264 g/mol. The van der Waals surface area contributed by atoms with E-state index in [2.05, 4.69) is 27.1 Å². The van der Waals surface area contributed by atoms with E-state index >= 15 is 0 Å². The van der Waals surface area contributed by atoms with E-state index < -0.39 is 0 Å². The summed E-state index contributed by atoms with van der Waals surface area (Å²) >= 11 is 0. The van der Waals surface area contributed by atoms with Crippen LogP contribution in [0.15, 0.2) is 12.4 Å². The molecule has 5 nitrogen and oxygen atoms in total. The summed E-state index contributed by atoms with van der Waals surface area (Å²) in [6, 6.07) is 1.96. The zero-order valence-electron chi connectivity index (χ0n) is 13.1. The Kier molecular flexibility index (Phi) is 4.58. The van der Waals surface area contributed by atoms with Crippen molar-refractivity contribution in [3.8, 4) is 5.88 Å². The first-order valence-corrected chi connectivity index (χ1v) is 8.27. The van der Waals surface area contributed by atoms with Crippen molar-refractivity contribution in [2.75, 3.05) is 18.1 Å². The molecule has 2 atom stereocenters. The molecule has 0 aliphatic carbocycles. The lowest BCUT2D eigenvalue weighted by Crippen LogP contribution is -2.49. The van der Waals surface area contributed by atoms with E-state index in [1.165, 1.54) is 25.7 Å². The minimum Gasteiger partial charge on any atom is -0.477 e. The van der Waals surface area contributed by atoms with Gasteiger partial charge in [0.1, 0.15) is 0 Å². The highest BCUT2D eigenvalue weighted by Crippen LogP contribution is 2.32. The van der Waals surface area contributed by atoms with E-state index in [4.69, 9.17) is 4.74 Å². The Morgan fingerprint density at radius 2 is 2.00 bits per heavy atom. The van der Waals surface area contributed by atoms with Gasteiger partial charge in [-0.2, -0.15) is 4.98 Å². The Bertz CT molecular complexity index is 455. The Hall–Kier alpha value is -1.36. The highest BCUT2D eigenvalue weighted by Gasteiger charge is 2.36. The molecule has 1 aromatic heterocycles. The normalized spacial score (nSPS) is 27.6. The molecular formula is C16H26N4O. The van der Waals surface area contributed by atoms with E-state index in [-0.39, 0.29) is 0 Å². The smallest absolute Gasteiger partial charge is 0.234 e. The van der Waals surface area contributed by atoms with E-state index in [1.54, 1.807) is 6.20 Å². The molecule has 0 amide bonds. The van der Waals surface area contributed by atoms with Gasteiger partial charge >= 0.3 is 0 Å². The summed E-state index contributed by atoms with van der Waals surface area (Å²) < 4.78 is 5.50. The highest BCUT2D eigenvalue weighted by molar-refractivity contribution is 5.39. The molecule has 1 N–H and O–H groups in total. The maximum atomic E-state index is 5.50. The van der Waals surface area contributed by atoms with Crippen molar-refractivity contribution in [3.63, 3.8) is 0 Å². The van der Waals surface area contributed by atoms with Crippen molar-refractivity contribution in [1.29, 1.82) is 0 Å². The van der Waals surface area contributed by atoms with Gasteiger partial charge < -0.3 is 15.0 Å². The third-order valence-corrected chi connectivity index (χ3v) is 4.54. The largest absolute Gasteiger partial charge is 0.477 e. The van der Waals surface area contributed by atoms with Crippen LogP contribution in [0, 0.1) is 0 Å². The van der Waals surface area contributed by atoms with E-state index in [1.807, 2.05) is 13.1 Å². The van der Waals surface area contributed by atoms with E-state index in [0.717, 1.165) is 18.8 Å². The number of hydrogen-bond acceptors (Lipinski definition) is 5. The third-order valence-electron chi connectivity index (χ3n) is 4.54. The summed E-state index contributed by atoms with van der Waals surface area (Å²) in [6.07, 6.45) is 9.79. The molecule has 2 aliphatic heterocycles. The molecule has 116 valence electrons. The van der Waals surface area contributed by atoms with Crippen LogP contribution in [0.5, 0.6) is 5.88 Å². The van der Waals surface area contributed by atoms with Crippen molar-refractivity contribution >= 4 is 5.82 Å². The average Bonchev–Trinajstić information content (AvgIpc) is 2.84. The van der Waals surface area contributed by atoms with Crippen molar-refractivity contribution in [2.45, 2.75) is 64.1 Å². The molecule has 2 aliphatic rings. The number of hydrogen-bond donors (Lipinski definition) is 1. The Morgan fingerprint density at radius 1 is 1.24 bits per heavy atom. The lowest BCUT2D eigenvalue weighted by Gasteiger charge is -2.38. The van der Waals surface area contributed by atoms with Crippen molar-refractivity contribution in [2.24, 2.45) is 0 Å². The minimum absolute atomic E-state index is 0.579. The fraction of sp³-hybridized carbons (Fsp3) is 0.750. The monoisotopic (exact) mass is 290 g/mol. The second-order valence-electron chi connectivity index (χ2n) is 6.11. The van der Waals surface area contributed by atoms with Crippen molar-refractivity contribution < 1.29 is 4.74 Å². The summed E-state index contributed by atoms with van der Waals surface area (Å²) in [7, 11) is 0. The quantitative estimate of drug-likeness (QED) is 0.871. The number of aromatic nitrogens is 2. The maximum absolute atomic E-state index is 5.50. The molecule has 1 aromatic rings. The summed E-state index contributed by atoms with van der Waals surface area (Å²) in [5.74, 6) is 1.60. The van der Waals surface area contributed by atoms with Gasteiger partial charge in [-0.05, 0) is 39.0 Å². The van der Waals surface area contributed by atoms with Gasteiger partial charge in [0.15, 0.2) is 5.82 Å². The predicted octanol–water partition coefficient (Wildman–Crippen LogP) is 2.37. The van der Waals surface area contributed by atoms with E-state index in [0.29, 0.717) is 30.6 Å². The van der Waals surface area contributed by atoms with Gasteiger partial charge in [0.05, 0.1) is 19.0 Å². The number of nitrogens with zero attached hydrogens (tertiary/aromatic N) is 3. The third kappa shape index (κ3) is 3.28. The molecule has 5 heteroatoms. The van der Waals surface area contributed by atoms with Gasteiger partial charge in [0.2, 0.25) is 5.88 Å². The van der Waals surface area contributed by atoms with Crippen molar-refractivity contribution in [1.82, 2.24) is 15.3 Å². The molecule has 0 saturated carbocycles. The van der Waals surface area contributed by atoms with Crippen LogP contribution in [0.25, 0.3) is 0 Å². The molecule has 21 heavy (non-hydrogen) atoms. The lowest BCUT2D eigenvalue weighted by molar-refractivity contribution is 0.322. The van der Waals surface area contributed by atoms with Gasteiger partial charge in [-0.3, -0.25) is 4.98 Å². The molecule has 0 spiro atoms. The minimum atomic E-state index is 0.579. The van der Waals surface area contributed by atoms with Crippen LogP contribution < -0.4 is 15.0 Å². The topological polar surface area (TPSA) is 50.3 Å². The molecule has 2 bridgehead atoms. The number of piperidine rings is 1.